The quantitative estimate of drug-likeness (QED) is 0.509. The minimum atomic E-state index is 0.00545. The van der Waals surface area contributed by atoms with Crippen molar-refractivity contribution in [3.8, 4) is 0 Å². The molecule has 6 atom stereocenters. The number of ether oxygens (including phenoxy) is 1. The highest BCUT2D eigenvalue weighted by molar-refractivity contribution is 5.87. The summed E-state index contributed by atoms with van der Waals surface area (Å²) in [5.74, 6) is 2.78. The number of carbonyl (C=O) groups excluding carboxylic acids is 1. The fraction of sp³-hybridized carbons (Fsp3) is 0.875. The number of fused-ring (bicyclic) bond motifs is 5. The molecule has 4 aliphatic rings. The van der Waals surface area contributed by atoms with Crippen LogP contribution in [0.4, 0.5) is 0 Å². The molecule has 0 aromatic carbocycles. The molecule has 3 saturated carbocycles. The molecule has 0 aromatic rings. The Morgan fingerprint density at radius 1 is 1.04 bits per heavy atom. The van der Waals surface area contributed by atoms with Gasteiger partial charge >= 0.3 is 0 Å². The number of allylic oxidation sites excluding steroid dienone is 1. The minimum Gasteiger partial charge on any atom is -0.374 e. The largest absolute Gasteiger partial charge is 0.374 e. The normalized spacial score (nSPS) is 43.9. The van der Waals surface area contributed by atoms with E-state index in [1.54, 1.807) is 5.57 Å². The summed E-state index contributed by atoms with van der Waals surface area (Å²) < 4.78 is 6.22. The predicted molar refractivity (Wildman–Crippen MR) is 110 cm³/mol. The summed E-state index contributed by atoms with van der Waals surface area (Å²) in [6, 6.07) is 0. The van der Waals surface area contributed by atoms with E-state index in [0.29, 0.717) is 23.2 Å². The van der Waals surface area contributed by atoms with E-state index in [1.807, 2.05) is 0 Å². The number of hydrogen-bond donors (Lipinski definition) is 0. The maximum absolute atomic E-state index is 12.5. The van der Waals surface area contributed by atoms with Crippen LogP contribution in [0.5, 0.6) is 0 Å². The third-order valence-electron chi connectivity index (χ3n) is 8.86. The lowest BCUT2D eigenvalue weighted by Gasteiger charge is -2.57. The predicted octanol–water partition coefficient (Wildman–Crippen LogP) is 4.86. The molecule has 0 amide bonds. The standard InChI is InChI=1S/C24H39NO2/c1-23-12-10-18(27-15-5-14-25(3)4)16-17(23)6-7-19-20-8-9-22(26)24(20,2)13-11-21(19)23/h16,18-21H,5-15H2,1-4H3. The highest BCUT2D eigenvalue weighted by Gasteiger charge is 2.58. The molecule has 0 N–H and O–H groups in total. The summed E-state index contributed by atoms with van der Waals surface area (Å²) in [6.45, 7) is 6.80. The van der Waals surface area contributed by atoms with Crippen LogP contribution in [0.25, 0.3) is 0 Å². The molecule has 0 aromatic heterocycles. The van der Waals surface area contributed by atoms with Crippen LogP contribution in [0, 0.1) is 28.6 Å². The number of carbonyl (C=O) groups is 1. The van der Waals surface area contributed by atoms with E-state index in [4.69, 9.17) is 4.74 Å². The molecule has 0 heterocycles. The zero-order chi connectivity index (χ0) is 19.2. The van der Waals surface area contributed by atoms with Crippen molar-refractivity contribution >= 4 is 5.78 Å². The Bertz CT molecular complexity index is 612. The van der Waals surface area contributed by atoms with Crippen LogP contribution in [-0.4, -0.2) is 44.0 Å². The van der Waals surface area contributed by atoms with Gasteiger partial charge in [-0.1, -0.05) is 25.5 Å². The van der Waals surface area contributed by atoms with E-state index in [0.717, 1.165) is 50.7 Å². The van der Waals surface area contributed by atoms with Crippen molar-refractivity contribution in [3.05, 3.63) is 11.6 Å². The van der Waals surface area contributed by atoms with Crippen molar-refractivity contribution in [2.75, 3.05) is 27.2 Å². The minimum absolute atomic E-state index is 0.00545. The van der Waals surface area contributed by atoms with Gasteiger partial charge in [-0.25, -0.2) is 0 Å². The third kappa shape index (κ3) is 3.33. The van der Waals surface area contributed by atoms with E-state index < -0.39 is 0 Å². The first-order valence-electron chi connectivity index (χ1n) is 11.4. The zero-order valence-electron chi connectivity index (χ0n) is 17.9. The molecule has 3 heteroatoms. The van der Waals surface area contributed by atoms with Gasteiger partial charge in [0, 0.05) is 18.4 Å². The van der Waals surface area contributed by atoms with Crippen molar-refractivity contribution < 1.29 is 9.53 Å². The van der Waals surface area contributed by atoms with E-state index in [9.17, 15) is 4.79 Å². The topological polar surface area (TPSA) is 29.5 Å². The monoisotopic (exact) mass is 373 g/mol. The molecule has 4 rings (SSSR count). The van der Waals surface area contributed by atoms with E-state index in [-0.39, 0.29) is 5.41 Å². The van der Waals surface area contributed by atoms with Gasteiger partial charge in [0.15, 0.2) is 0 Å². The lowest BCUT2D eigenvalue weighted by Crippen LogP contribution is -2.50. The van der Waals surface area contributed by atoms with Crippen LogP contribution < -0.4 is 0 Å². The number of nitrogens with zero attached hydrogens (tertiary/aromatic N) is 1. The summed E-state index contributed by atoms with van der Waals surface area (Å²) in [5.41, 5.74) is 2.05. The van der Waals surface area contributed by atoms with Gasteiger partial charge < -0.3 is 9.64 Å². The summed E-state index contributed by atoms with van der Waals surface area (Å²) in [5, 5.41) is 0. The van der Waals surface area contributed by atoms with Crippen molar-refractivity contribution in [2.24, 2.45) is 28.6 Å². The molecule has 152 valence electrons. The SMILES string of the molecule is CN(C)CCCOC1C=C2CCC3C4CCC(=O)C4(C)CCC3C2(C)CC1. The summed E-state index contributed by atoms with van der Waals surface area (Å²) in [4.78, 5) is 14.8. The number of hydrogen-bond acceptors (Lipinski definition) is 3. The summed E-state index contributed by atoms with van der Waals surface area (Å²) >= 11 is 0. The Morgan fingerprint density at radius 3 is 2.56 bits per heavy atom. The maximum atomic E-state index is 12.5. The average Bonchev–Trinajstić information content (AvgIpc) is 2.94. The second-order valence-electron chi connectivity index (χ2n) is 10.5. The molecule has 3 nitrogen and oxygen atoms in total. The first kappa shape index (κ1) is 19.6. The molecule has 0 bridgehead atoms. The van der Waals surface area contributed by atoms with Gasteiger partial charge in [0.1, 0.15) is 5.78 Å². The van der Waals surface area contributed by atoms with Crippen molar-refractivity contribution in [1.82, 2.24) is 4.90 Å². The van der Waals surface area contributed by atoms with Crippen molar-refractivity contribution in [3.63, 3.8) is 0 Å². The second-order valence-corrected chi connectivity index (χ2v) is 10.5. The van der Waals surface area contributed by atoms with Crippen LogP contribution in [0.15, 0.2) is 11.6 Å². The number of Topliss-reactive ketones (excluding diaryl/α,β-unsaturated/α-hetero) is 1. The second kappa shape index (κ2) is 7.30. The molecular weight excluding hydrogens is 334 g/mol. The van der Waals surface area contributed by atoms with E-state index in [1.165, 1.54) is 32.1 Å². The lowest BCUT2D eigenvalue weighted by atomic mass is 9.47. The molecule has 3 fully saturated rings. The molecule has 0 saturated heterocycles. The summed E-state index contributed by atoms with van der Waals surface area (Å²) in [7, 11) is 4.25. The van der Waals surface area contributed by atoms with Crippen LogP contribution in [-0.2, 0) is 9.53 Å². The number of rotatable bonds is 5. The smallest absolute Gasteiger partial charge is 0.139 e. The fourth-order valence-corrected chi connectivity index (χ4v) is 7.21. The number of ketones is 1. The van der Waals surface area contributed by atoms with Crippen LogP contribution >= 0.6 is 0 Å². The first-order valence-corrected chi connectivity index (χ1v) is 11.4. The Hall–Kier alpha value is -0.670. The van der Waals surface area contributed by atoms with Crippen molar-refractivity contribution in [1.29, 1.82) is 0 Å². The van der Waals surface area contributed by atoms with Crippen LogP contribution in [0.1, 0.15) is 71.6 Å². The molecule has 0 radical (unpaired) electrons. The summed E-state index contributed by atoms with van der Waals surface area (Å²) in [6.07, 6.45) is 13.3. The highest BCUT2D eigenvalue weighted by atomic mass is 16.5. The van der Waals surface area contributed by atoms with E-state index >= 15 is 0 Å². The third-order valence-corrected chi connectivity index (χ3v) is 8.86. The maximum Gasteiger partial charge on any atom is 0.139 e. The Morgan fingerprint density at radius 2 is 1.78 bits per heavy atom. The van der Waals surface area contributed by atoms with Gasteiger partial charge in [0.25, 0.3) is 0 Å². The first-order chi connectivity index (χ1) is 12.8. The van der Waals surface area contributed by atoms with Gasteiger partial charge in [0.05, 0.1) is 6.10 Å². The van der Waals surface area contributed by atoms with Gasteiger partial charge in [0.2, 0.25) is 0 Å². The molecule has 4 aliphatic carbocycles. The van der Waals surface area contributed by atoms with Gasteiger partial charge in [-0.3, -0.25) is 4.79 Å². The highest BCUT2D eigenvalue weighted by Crippen LogP contribution is 2.64. The molecule has 27 heavy (non-hydrogen) atoms. The lowest BCUT2D eigenvalue weighted by molar-refractivity contribution is -0.132. The van der Waals surface area contributed by atoms with Gasteiger partial charge in [-0.2, -0.15) is 0 Å². The molecule has 0 spiro atoms. The van der Waals surface area contributed by atoms with Crippen LogP contribution in [0.3, 0.4) is 0 Å². The van der Waals surface area contributed by atoms with E-state index in [2.05, 4.69) is 38.9 Å². The van der Waals surface area contributed by atoms with Crippen LogP contribution in [0.2, 0.25) is 0 Å². The van der Waals surface area contributed by atoms with Crippen molar-refractivity contribution in [2.45, 2.75) is 77.7 Å². The van der Waals surface area contributed by atoms with Gasteiger partial charge in [-0.15, -0.1) is 0 Å². The zero-order valence-corrected chi connectivity index (χ0v) is 17.9. The Balaban J connectivity index is 1.44. The average molecular weight is 374 g/mol. The molecule has 0 aliphatic heterocycles. The Labute approximate surface area is 165 Å². The Kier molecular flexibility index (Phi) is 5.31. The van der Waals surface area contributed by atoms with Gasteiger partial charge in [-0.05, 0) is 95.2 Å². The fourth-order valence-electron chi connectivity index (χ4n) is 7.21. The molecule has 6 unspecified atom stereocenters. The molecular formula is C24H39NO2.